The van der Waals surface area contributed by atoms with Crippen molar-refractivity contribution in [1.82, 2.24) is 9.13 Å². The predicted octanol–water partition coefficient (Wildman–Crippen LogP) is 3.74. The lowest BCUT2D eigenvalue weighted by atomic mass is 10.1. The zero-order valence-corrected chi connectivity index (χ0v) is 20.6. The molecule has 1 atom stereocenters. The van der Waals surface area contributed by atoms with Gasteiger partial charge in [0.1, 0.15) is 23.8 Å². The molecule has 1 unspecified atom stereocenters. The lowest BCUT2D eigenvalue weighted by Crippen LogP contribution is -2.43. The quantitative estimate of drug-likeness (QED) is 0.354. The van der Waals surface area contributed by atoms with E-state index in [1.165, 1.54) is 30.0 Å². The largest absolute Gasteiger partial charge is 0.496 e. The van der Waals surface area contributed by atoms with Crippen LogP contribution in [-0.4, -0.2) is 33.2 Å². The molecular weight excluding hydrogens is 477 g/mol. The third kappa shape index (κ3) is 6.17. The van der Waals surface area contributed by atoms with Crippen LogP contribution in [-0.2, 0) is 17.9 Å². The number of methoxy groups -OCH3 is 1. The second-order valence-electron chi connectivity index (χ2n) is 8.19. The van der Waals surface area contributed by atoms with E-state index < -0.39 is 23.2 Å². The van der Waals surface area contributed by atoms with Gasteiger partial charge in [0.25, 0.3) is 5.56 Å². The zero-order valence-electron chi connectivity index (χ0n) is 19.9. The third-order valence-corrected chi connectivity index (χ3v) is 5.60. The topological polar surface area (TPSA) is 95.1 Å². The molecule has 1 N–H and O–H groups in total. The Morgan fingerprint density at radius 2 is 1.91 bits per heavy atom. The van der Waals surface area contributed by atoms with Gasteiger partial charge >= 0.3 is 5.69 Å². The standard InChI is InChI=1S/C25H27ClFN3O5/c1-15(2)35-28-16(3)20-13-29(14-22(31)19-11-18(27)9-10-23(19)34-4)25(33)30(24(20)32)12-17-7-5-6-8-21(17)26/h5-11,13,15,22,31H,12,14H2,1-4H3/b28-16+. The van der Waals surface area contributed by atoms with Gasteiger partial charge in [-0.15, -0.1) is 0 Å². The fourth-order valence-corrected chi connectivity index (χ4v) is 3.65. The fourth-order valence-electron chi connectivity index (χ4n) is 3.45. The number of hydrogen-bond donors (Lipinski definition) is 1. The first kappa shape index (κ1) is 26.2. The molecule has 0 amide bonds. The highest BCUT2D eigenvalue weighted by Gasteiger charge is 2.20. The Labute approximate surface area is 206 Å². The molecule has 35 heavy (non-hydrogen) atoms. The summed E-state index contributed by atoms with van der Waals surface area (Å²) in [6, 6.07) is 10.6. The summed E-state index contributed by atoms with van der Waals surface area (Å²) in [5.41, 5.74) is -0.169. The van der Waals surface area contributed by atoms with E-state index in [2.05, 4.69) is 5.16 Å². The van der Waals surface area contributed by atoms with Crippen LogP contribution in [0.15, 0.2) is 63.4 Å². The van der Waals surface area contributed by atoms with Crippen molar-refractivity contribution in [2.45, 2.75) is 46.1 Å². The molecule has 0 radical (unpaired) electrons. The number of halogens is 2. The fraction of sp³-hybridized carbons (Fsp3) is 0.320. The minimum Gasteiger partial charge on any atom is -0.496 e. The van der Waals surface area contributed by atoms with Gasteiger partial charge in [0.2, 0.25) is 0 Å². The van der Waals surface area contributed by atoms with Gasteiger partial charge in [-0.2, -0.15) is 0 Å². The van der Waals surface area contributed by atoms with Crippen LogP contribution in [0.3, 0.4) is 0 Å². The summed E-state index contributed by atoms with van der Waals surface area (Å²) < 4.78 is 21.3. The Bertz CT molecular complexity index is 1350. The molecule has 0 aliphatic carbocycles. The molecule has 186 valence electrons. The van der Waals surface area contributed by atoms with Crippen molar-refractivity contribution >= 4 is 17.3 Å². The molecule has 8 nitrogen and oxygen atoms in total. The first-order chi connectivity index (χ1) is 16.6. The lowest BCUT2D eigenvalue weighted by Gasteiger charge is -2.18. The molecule has 0 saturated heterocycles. The molecule has 1 heterocycles. The normalized spacial score (nSPS) is 12.6. The van der Waals surface area contributed by atoms with Crippen LogP contribution in [0, 0.1) is 5.82 Å². The number of rotatable bonds is 9. The van der Waals surface area contributed by atoms with Crippen molar-refractivity contribution in [1.29, 1.82) is 0 Å². The Morgan fingerprint density at radius 1 is 1.20 bits per heavy atom. The zero-order chi connectivity index (χ0) is 25.7. The van der Waals surface area contributed by atoms with Crippen LogP contribution >= 0.6 is 11.6 Å². The molecule has 3 rings (SSSR count). The summed E-state index contributed by atoms with van der Waals surface area (Å²) in [5.74, 6) is -0.301. The van der Waals surface area contributed by atoms with Gasteiger partial charge in [-0.05, 0) is 50.6 Å². The van der Waals surface area contributed by atoms with Gasteiger partial charge < -0.3 is 14.7 Å². The highest BCUT2D eigenvalue weighted by molar-refractivity contribution is 6.31. The van der Waals surface area contributed by atoms with Gasteiger partial charge in [0.05, 0.1) is 31.5 Å². The number of aliphatic hydroxyl groups is 1. The number of hydrogen-bond acceptors (Lipinski definition) is 6. The lowest BCUT2D eigenvalue weighted by molar-refractivity contribution is 0.0859. The van der Waals surface area contributed by atoms with E-state index in [0.717, 1.165) is 10.6 Å². The van der Waals surface area contributed by atoms with Crippen molar-refractivity contribution in [3.63, 3.8) is 0 Å². The highest BCUT2D eigenvalue weighted by atomic mass is 35.5. The maximum Gasteiger partial charge on any atom is 0.331 e. The maximum atomic E-state index is 13.9. The van der Waals surface area contributed by atoms with Gasteiger partial charge in [-0.1, -0.05) is 35.0 Å². The second kappa shape index (κ2) is 11.3. The Hall–Kier alpha value is -3.43. The number of benzene rings is 2. The minimum absolute atomic E-state index is 0.0944. The van der Waals surface area contributed by atoms with E-state index in [9.17, 15) is 19.1 Å². The summed E-state index contributed by atoms with van der Waals surface area (Å²) in [6.07, 6.45) is -0.212. The minimum atomic E-state index is -1.30. The molecular formula is C25H27ClFN3O5. The van der Waals surface area contributed by atoms with Crippen molar-refractivity contribution in [3.05, 3.63) is 97.0 Å². The molecule has 3 aromatic rings. The van der Waals surface area contributed by atoms with E-state index in [-0.39, 0.29) is 41.8 Å². The second-order valence-corrected chi connectivity index (χ2v) is 8.60. The SMILES string of the molecule is COc1ccc(F)cc1C(O)Cn1cc(/C(C)=N/OC(C)C)c(=O)n(Cc2ccccc2Cl)c1=O. The van der Waals surface area contributed by atoms with Crippen molar-refractivity contribution < 1.29 is 19.1 Å². The van der Waals surface area contributed by atoms with E-state index in [1.807, 2.05) is 0 Å². The van der Waals surface area contributed by atoms with E-state index in [4.69, 9.17) is 21.2 Å². The average Bonchev–Trinajstić information content (AvgIpc) is 2.82. The molecule has 0 spiro atoms. The van der Waals surface area contributed by atoms with Gasteiger partial charge in [0.15, 0.2) is 0 Å². The Balaban J connectivity index is 2.13. The third-order valence-electron chi connectivity index (χ3n) is 5.23. The number of ether oxygens (including phenoxy) is 1. The maximum absolute atomic E-state index is 13.9. The molecule has 1 aromatic heterocycles. The molecule has 0 bridgehead atoms. The van der Waals surface area contributed by atoms with Crippen molar-refractivity contribution in [2.24, 2.45) is 5.16 Å². The van der Waals surface area contributed by atoms with E-state index in [0.29, 0.717) is 10.6 Å². The van der Waals surface area contributed by atoms with Gasteiger partial charge in [-0.25, -0.2) is 9.18 Å². The van der Waals surface area contributed by atoms with Crippen LogP contribution in [0.4, 0.5) is 4.39 Å². The number of oxime groups is 1. The number of aliphatic hydroxyl groups excluding tert-OH is 1. The number of nitrogens with zero attached hydrogens (tertiary/aromatic N) is 3. The summed E-state index contributed by atoms with van der Waals surface area (Å²) in [7, 11) is 1.39. The van der Waals surface area contributed by atoms with Crippen molar-refractivity contribution in [2.75, 3.05) is 7.11 Å². The summed E-state index contributed by atoms with van der Waals surface area (Å²) in [5, 5.41) is 15.3. The molecule has 10 heteroatoms. The van der Waals surface area contributed by atoms with E-state index in [1.54, 1.807) is 45.0 Å². The van der Waals surface area contributed by atoms with Crippen LogP contribution in [0.2, 0.25) is 5.02 Å². The first-order valence-electron chi connectivity index (χ1n) is 10.9. The van der Waals surface area contributed by atoms with Crippen LogP contribution < -0.4 is 16.0 Å². The molecule has 0 saturated carbocycles. The molecule has 2 aromatic carbocycles. The molecule has 0 aliphatic rings. The Kier molecular flexibility index (Phi) is 8.48. The summed E-state index contributed by atoms with van der Waals surface area (Å²) >= 11 is 6.26. The average molecular weight is 504 g/mol. The molecule has 0 fully saturated rings. The van der Waals surface area contributed by atoms with Gasteiger partial charge in [0, 0.05) is 16.8 Å². The van der Waals surface area contributed by atoms with E-state index >= 15 is 0 Å². The van der Waals surface area contributed by atoms with Crippen LogP contribution in [0.5, 0.6) is 5.75 Å². The Morgan fingerprint density at radius 3 is 2.57 bits per heavy atom. The van der Waals surface area contributed by atoms with Crippen molar-refractivity contribution in [3.8, 4) is 5.75 Å². The summed E-state index contributed by atoms with van der Waals surface area (Å²) in [6.45, 7) is 4.79. The highest BCUT2D eigenvalue weighted by Crippen LogP contribution is 2.27. The number of aromatic nitrogens is 2. The van der Waals surface area contributed by atoms with Crippen LogP contribution in [0.25, 0.3) is 0 Å². The predicted molar refractivity (Wildman–Crippen MR) is 132 cm³/mol. The monoisotopic (exact) mass is 503 g/mol. The smallest absolute Gasteiger partial charge is 0.331 e. The first-order valence-corrected chi connectivity index (χ1v) is 11.3. The van der Waals surface area contributed by atoms with Crippen LogP contribution in [0.1, 0.15) is 43.6 Å². The van der Waals surface area contributed by atoms with Gasteiger partial charge in [-0.3, -0.25) is 13.9 Å². The molecule has 0 aliphatic heterocycles. The summed E-state index contributed by atoms with van der Waals surface area (Å²) in [4.78, 5) is 31.9.